The van der Waals surface area contributed by atoms with Gasteiger partial charge in [-0.25, -0.2) is 4.79 Å². The highest BCUT2D eigenvalue weighted by atomic mass is 16.4. The fraction of sp³-hybridized carbons (Fsp3) is 0.846. The summed E-state index contributed by atoms with van der Waals surface area (Å²) in [7, 11) is 0. The molecule has 1 atom stereocenters. The van der Waals surface area contributed by atoms with Crippen LogP contribution in [0.4, 0.5) is 0 Å². The van der Waals surface area contributed by atoms with Crippen LogP contribution >= 0.6 is 0 Å². The van der Waals surface area contributed by atoms with Gasteiger partial charge in [0.15, 0.2) is 0 Å². The molecule has 0 unspecified atom stereocenters. The number of rotatable bonds is 5. The van der Waals surface area contributed by atoms with Crippen LogP contribution in [0.3, 0.4) is 0 Å². The predicted molar refractivity (Wildman–Crippen MR) is 72.9 cm³/mol. The van der Waals surface area contributed by atoms with Crippen molar-refractivity contribution < 1.29 is 14.7 Å². The van der Waals surface area contributed by atoms with Gasteiger partial charge in [0.1, 0.15) is 6.04 Å². The molecule has 1 fully saturated rings. The number of nitrogens with zero attached hydrogens (tertiary/aromatic N) is 1. The predicted octanol–water partition coefficient (Wildman–Crippen LogP) is -0.104. The molecule has 0 saturated carbocycles. The van der Waals surface area contributed by atoms with Gasteiger partial charge in [0.05, 0.1) is 5.54 Å². The van der Waals surface area contributed by atoms with Crippen LogP contribution in [0.25, 0.3) is 0 Å². The third-order valence-electron chi connectivity index (χ3n) is 3.68. The van der Waals surface area contributed by atoms with Gasteiger partial charge < -0.3 is 15.7 Å². The van der Waals surface area contributed by atoms with Crippen LogP contribution in [0.2, 0.25) is 0 Å². The number of nitrogens with one attached hydrogen (secondary N) is 2. The lowest BCUT2D eigenvalue weighted by Crippen LogP contribution is -2.62. The Morgan fingerprint density at radius 3 is 2.21 bits per heavy atom. The molecule has 1 aliphatic heterocycles. The Bertz CT molecular complexity index is 336. The molecule has 19 heavy (non-hydrogen) atoms. The molecule has 0 spiro atoms. The number of carboxylic acids is 1. The number of carbonyl (C=O) groups excluding carboxylic acids is 1. The summed E-state index contributed by atoms with van der Waals surface area (Å²) in [6.45, 7) is 10.5. The zero-order chi connectivity index (χ0) is 14.6. The van der Waals surface area contributed by atoms with E-state index < -0.39 is 17.6 Å². The lowest BCUT2D eigenvalue weighted by atomic mass is 9.97. The van der Waals surface area contributed by atoms with Crippen molar-refractivity contribution in [3.63, 3.8) is 0 Å². The number of hydrogen-bond donors (Lipinski definition) is 3. The van der Waals surface area contributed by atoms with E-state index >= 15 is 0 Å². The fourth-order valence-electron chi connectivity index (χ4n) is 2.20. The second-order valence-corrected chi connectivity index (χ2v) is 5.83. The summed E-state index contributed by atoms with van der Waals surface area (Å²) in [4.78, 5) is 25.6. The minimum atomic E-state index is -0.987. The van der Waals surface area contributed by atoms with E-state index in [1.165, 1.54) is 0 Å². The van der Waals surface area contributed by atoms with Crippen LogP contribution in [-0.4, -0.2) is 59.6 Å². The topological polar surface area (TPSA) is 81.7 Å². The number of aliphatic carboxylic acids is 1. The Morgan fingerprint density at radius 2 is 1.79 bits per heavy atom. The highest BCUT2D eigenvalue weighted by Crippen LogP contribution is 2.16. The normalized spacial score (nSPS) is 19.2. The minimum absolute atomic E-state index is 0.139. The monoisotopic (exact) mass is 271 g/mol. The Labute approximate surface area is 114 Å². The van der Waals surface area contributed by atoms with E-state index in [-0.39, 0.29) is 11.8 Å². The van der Waals surface area contributed by atoms with Crippen molar-refractivity contribution in [3.8, 4) is 0 Å². The molecule has 0 aromatic carbocycles. The molecule has 3 N–H and O–H groups in total. The van der Waals surface area contributed by atoms with Crippen LogP contribution in [-0.2, 0) is 9.59 Å². The summed E-state index contributed by atoms with van der Waals surface area (Å²) >= 11 is 0. The summed E-state index contributed by atoms with van der Waals surface area (Å²) in [5, 5.41) is 15.0. The first-order valence-corrected chi connectivity index (χ1v) is 6.76. The maximum absolute atomic E-state index is 12.3. The van der Waals surface area contributed by atoms with Crippen molar-refractivity contribution in [2.24, 2.45) is 5.92 Å². The molecular formula is C13H25N3O3. The van der Waals surface area contributed by atoms with Gasteiger partial charge in [0, 0.05) is 26.2 Å². The molecule has 6 nitrogen and oxygen atoms in total. The molecular weight excluding hydrogens is 246 g/mol. The van der Waals surface area contributed by atoms with Gasteiger partial charge in [0.2, 0.25) is 5.91 Å². The van der Waals surface area contributed by atoms with E-state index in [1.54, 1.807) is 13.8 Å². The van der Waals surface area contributed by atoms with Gasteiger partial charge in [-0.05, 0) is 19.8 Å². The fourth-order valence-corrected chi connectivity index (χ4v) is 2.20. The van der Waals surface area contributed by atoms with Gasteiger partial charge in [-0.15, -0.1) is 0 Å². The zero-order valence-corrected chi connectivity index (χ0v) is 12.2. The van der Waals surface area contributed by atoms with Crippen LogP contribution in [0.15, 0.2) is 0 Å². The van der Waals surface area contributed by atoms with Crippen molar-refractivity contribution in [2.75, 3.05) is 26.2 Å². The van der Waals surface area contributed by atoms with E-state index in [0.717, 1.165) is 26.2 Å². The summed E-state index contributed by atoms with van der Waals surface area (Å²) < 4.78 is 0. The number of piperazine rings is 1. The number of amides is 1. The standard InChI is InChI=1S/C13H25N3O3/c1-9(2)10(11(17)18)15-12(19)13(3,4)16-7-5-14-6-8-16/h9-10,14H,5-8H2,1-4H3,(H,15,19)(H,17,18)/t10-/m1/s1. The maximum Gasteiger partial charge on any atom is 0.326 e. The smallest absolute Gasteiger partial charge is 0.326 e. The third kappa shape index (κ3) is 3.91. The van der Waals surface area contributed by atoms with Gasteiger partial charge in [0.25, 0.3) is 0 Å². The average molecular weight is 271 g/mol. The van der Waals surface area contributed by atoms with Crippen LogP contribution in [0.5, 0.6) is 0 Å². The van der Waals surface area contributed by atoms with E-state index in [9.17, 15) is 9.59 Å². The highest BCUT2D eigenvalue weighted by molar-refractivity contribution is 5.89. The van der Waals surface area contributed by atoms with Gasteiger partial charge in [-0.2, -0.15) is 0 Å². The minimum Gasteiger partial charge on any atom is -0.480 e. The lowest BCUT2D eigenvalue weighted by molar-refractivity contribution is -0.145. The molecule has 0 bridgehead atoms. The summed E-state index contributed by atoms with van der Waals surface area (Å²) in [6.07, 6.45) is 0. The third-order valence-corrected chi connectivity index (χ3v) is 3.68. The second-order valence-electron chi connectivity index (χ2n) is 5.83. The maximum atomic E-state index is 12.3. The summed E-state index contributed by atoms with van der Waals surface area (Å²) in [6, 6.07) is -0.838. The molecule has 0 aromatic heterocycles. The van der Waals surface area contributed by atoms with Crippen molar-refractivity contribution in [1.29, 1.82) is 0 Å². The second kappa shape index (κ2) is 6.34. The van der Waals surface area contributed by atoms with Crippen molar-refractivity contribution in [1.82, 2.24) is 15.5 Å². The summed E-state index contributed by atoms with van der Waals surface area (Å²) in [5.74, 6) is -1.35. The van der Waals surface area contributed by atoms with Crippen LogP contribution in [0.1, 0.15) is 27.7 Å². The van der Waals surface area contributed by atoms with Crippen LogP contribution in [0, 0.1) is 5.92 Å². The largest absolute Gasteiger partial charge is 0.480 e. The first-order valence-electron chi connectivity index (χ1n) is 6.76. The van der Waals surface area contributed by atoms with Gasteiger partial charge in [-0.1, -0.05) is 13.8 Å². The highest BCUT2D eigenvalue weighted by Gasteiger charge is 2.37. The molecule has 1 saturated heterocycles. The Hall–Kier alpha value is -1.14. The van der Waals surface area contributed by atoms with Gasteiger partial charge in [-0.3, -0.25) is 9.69 Å². The Kier molecular flexibility index (Phi) is 5.31. The molecule has 1 heterocycles. The first-order chi connectivity index (χ1) is 8.76. The van der Waals surface area contributed by atoms with Gasteiger partial charge >= 0.3 is 5.97 Å². The van der Waals surface area contributed by atoms with E-state index in [4.69, 9.17) is 5.11 Å². The van der Waals surface area contributed by atoms with Crippen molar-refractivity contribution in [3.05, 3.63) is 0 Å². The zero-order valence-electron chi connectivity index (χ0n) is 12.2. The molecule has 0 radical (unpaired) electrons. The Balaban J connectivity index is 2.71. The molecule has 0 aliphatic carbocycles. The molecule has 1 amide bonds. The number of carbonyl (C=O) groups is 2. The number of carboxylic acid groups (broad SMARTS) is 1. The molecule has 1 aliphatic rings. The SMILES string of the molecule is CC(C)[C@@H](NC(=O)C(C)(C)N1CCNCC1)C(=O)O. The van der Waals surface area contributed by atoms with E-state index in [0.29, 0.717) is 0 Å². The lowest BCUT2D eigenvalue weighted by Gasteiger charge is -2.40. The average Bonchev–Trinajstić information content (AvgIpc) is 2.35. The molecule has 0 aromatic rings. The first kappa shape index (κ1) is 15.9. The van der Waals surface area contributed by atoms with Crippen molar-refractivity contribution >= 4 is 11.9 Å². The molecule has 110 valence electrons. The molecule has 1 rings (SSSR count). The number of hydrogen-bond acceptors (Lipinski definition) is 4. The van der Waals surface area contributed by atoms with Crippen molar-refractivity contribution in [2.45, 2.75) is 39.3 Å². The van der Waals surface area contributed by atoms with E-state index in [2.05, 4.69) is 15.5 Å². The Morgan fingerprint density at radius 1 is 1.26 bits per heavy atom. The molecule has 6 heteroatoms. The van der Waals surface area contributed by atoms with Crippen LogP contribution < -0.4 is 10.6 Å². The van der Waals surface area contributed by atoms with E-state index in [1.807, 2.05) is 13.8 Å². The summed E-state index contributed by atoms with van der Waals surface area (Å²) in [5.41, 5.74) is -0.690. The quantitative estimate of drug-likeness (QED) is 0.650.